The molecule has 0 fully saturated rings. The Morgan fingerprint density at radius 3 is 2.17 bits per heavy atom. The number of benzene rings is 2. The highest BCUT2D eigenvalue weighted by atomic mass is 19.1. The van der Waals surface area contributed by atoms with Crippen LogP contribution in [0, 0.1) is 5.82 Å². The molecule has 0 bridgehead atoms. The third-order valence-corrected chi connectivity index (χ3v) is 3.77. The van der Waals surface area contributed by atoms with E-state index in [2.05, 4.69) is 10.3 Å². The van der Waals surface area contributed by atoms with Gasteiger partial charge in [0.05, 0.1) is 0 Å². The Kier molecular flexibility index (Phi) is 4.96. The van der Waals surface area contributed by atoms with Crippen LogP contribution in [0.5, 0.6) is 0 Å². The standard InChI is InChI=1S/C20H17FN2O/c21-19-7-1-15(2-8-19)9-14-23-20(24)18-5-3-16(4-6-18)17-10-12-22-13-11-17/h1-8,10-13H,9,14H2,(H,23,24). The number of hydrogen-bond donors (Lipinski definition) is 1. The molecule has 3 nitrogen and oxygen atoms in total. The highest BCUT2D eigenvalue weighted by Crippen LogP contribution is 2.18. The van der Waals surface area contributed by atoms with Crippen molar-refractivity contribution in [1.82, 2.24) is 10.3 Å². The van der Waals surface area contributed by atoms with Crippen LogP contribution in [0.2, 0.25) is 0 Å². The molecule has 0 radical (unpaired) electrons. The van der Waals surface area contributed by atoms with Gasteiger partial charge in [0.2, 0.25) is 0 Å². The molecule has 4 heteroatoms. The number of halogens is 1. The van der Waals surface area contributed by atoms with Crippen LogP contribution >= 0.6 is 0 Å². The van der Waals surface area contributed by atoms with Gasteiger partial charge >= 0.3 is 0 Å². The van der Waals surface area contributed by atoms with E-state index in [1.54, 1.807) is 24.5 Å². The molecule has 0 saturated carbocycles. The highest BCUT2D eigenvalue weighted by Gasteiger charge is 2.05. The summed E-state index contributed by atoms with van der Waals surface area (Å²) in [5.74, 6) is -0.365. The lowest BCUT2D eigenvalue weighted by Crippen LogP contribution is -2.25. The number of aromatic nitrogens is 1. The van der Waals surface area contributed by atoms with Gasteiger partial charge in [0.25, 0.3) is 5.91 Å². The third-order valence-electron chi connectivity index (χ3n) is 3.77. The molecule has 0 aliphatic heterocycles. The summed E-state index contributed by atoms with van der Waals surface area (Å²) < 4.78 is 12.8. The second-order valence-electron chi connectivity index (χ2n) is 5.45. The average molecular weight is 320 g/mol. The largest absolute Gasteiger partial charge is 0.352 e. The second-order valence-corrected chi connectivity index (χ2v) is 5.45. The van der Waals surface area contributed by atoms with Crippen molar-refractivity contribution in [1.29, 1.82) is 0 Å². The first-order valence-corrected chi connectivity index (χ1v) is 7.75. The van der Waals surface area contributed by atoms with Gasteiger partial charge in [0.1, 0.15) is 5.82 Å². The van der Waals surface area contributed by atoms with Gasteiger partial charge in [0, 0.05) is 24.5 Å². The van der Waals surface area contributed by atoms with Crippen LogP contribution < -0.4 is 5.32 Å². The van der Waals surface area contributed by atoms with Crippen molar-refractivity contribution in [3.05, 3.63) is 90.0 Å². The molecular weight excluding hydrogens is 303 g/mol. The Morgan fingerprint density at radius 2 is 1.50 bits per heavy atom. The Bertz CT molecular complexity index is 799. The number of pyridine rings is 1. The minimum atomic E-state index is -0.253. The molecule has 3 aromatic rings. The molecule has 2 aromatic carbocycles. The minimum absolute atomic E-state index is 0.113. The molecule has 1 amide bonds. The summed E-state index contributed by atoms with van der Waals surface area (Å²) in [5.41, 5.74) is 3.71. The molecule has 120 valence electrons. The van der Waals surface area contributed by atoms with Gasteiger partial charge in [-0.15, -0.1) is 0 Å². The topological polar surface area (TPSA) is 42.0 Å². The number of nitrogens with one attached hydrogen (secondary N) is 1. The molecule has 0 unspecified atom stereocenters. The fourth-order valence-electron chi connectivity index (χ4n) is 2.43. The average Bonchev–Trinajstić information content (AvgIpc) is 2.64. The fraction of sp³-hybridized carbons (Fsp3) is 0.100. The van der Waals surface area contributed by atoms with E-state index in [1.165, 1.54) is 12.1 Å². The Labute approximate surface area is 140 Å². The molecule has 1 heterocycles. The third kappa shape index (κ3) is 4.04. The molecule has 0 aliphatic rings. The van der Waals surface area contributed by atoms with Gasteiger partial charge in [-0.05, 0) is 59.5 Å². The van der Waals surface area contributed by atoms with Crippen molar-refractivity contribution in [2.75, 3.05) is 6.54 Å². The van der Waals surface area contributed by atoms with Crippen LogP contribution in [-0.2, 0) is 6.42 Å². The SMILES string of the molecule is O=C(NCCc1ccc(F)cc1)c1ccc(-c2ccncc2)cc1. The Balaban J connectivity index is 1.56. The summed E-state index contributed by atoms with van der Waals surface area (Å²) in [7, 11) is 0. The van der Waals surface area contributed by atoms with Crippen molar-refractivity contribution in [2.45, 2.75) is 6.42 Å². The quantitative estimate of drug-likeness (QED) is 0.775. The van der Waals surface area contributed by atoms with Gasteiger partial charge in [-0.2, -0.15) is 0 Å². The van der Waals surface area contributed by atoms with Crippen LogP contribution in [-0.4, -0.2) is 17.4 Å². The van der Waals surface area contributed by atoms with Crippen LogP contribution in [0.25, 0.3) is 11.1 Å². The molecule has 24 heavy (non-hydrogen) atoms. The minimum Gasteiger partial charge on any atom is -0.352 e. The molecule has 0 atom stereocenters. The predicted molar refractivity (Wildman–Crippen MR) is 92.1 cm³/mol. The van der Waals surface area contributed by atoms with E-state index in [0.29, 0.717) is 18.5 Å². The molecule has 0 aliphatic carbocycles. The van der Waals surface area contributed by atoms with Crippen molar-refractivity contribution in [2.24, 2.45) is 0 Å². The van der Waals surface area contributed by atoms with Crippen LogP contribution in [0.3, 0.4) is 0 Å². The van der Waals surface area contributed by atoms with Crippen molar-refractivity contribution < 1.29 is 9.18 Å². The van der Waals surface area contributed by atoms with Crippen molar-refractivity contribution in [3.8, 4) is 11.1 Å². The molecule has 0 saturated heterocycles. The monoisotopic (exact) mass is 320 g/mol. The number of nitrogens with zero attached hydrogens (tertiary/aromatic N) is 1. The van der Waals surface area contributed by atoms with E-state index >= 15 is 0 Å². The second kappa shape index (κ2) is 7.51. The van der Waals surface area contributed by atoms with E-state index < -0.39 is 0 Å². The van der Waals surface area contributed by atoms with Crippen molar-refractivity contribution >= 4 is 5.91 Å². The maximum atomic E-state index is 12.8. The van der Waals surface area contributed by atoms with Crippen LogP contribution in [0.1, 0.15) is 15.9 Å². The van der Waals surface area contributed by atoms with Gasteiger partial charge in [-0.1, -0.05) is 24.3 Å². The zero-order valence-corrected chi connectivity index (χ0v) is 13.1. The smallest absolute Gasteiger partial charge is 0.251 e. The maximum Gasteiger partial charge on any atom is 0.251 e. The molecular formula is C20H17FN2O. The van der Waals surface area contributed by atoms with E-state index in [0.717, 1.165) is 16.7 Å². The van der Waals surface area contributed by atoms with E-state index in [-0.39, 0.29) is 11.7 Å². The Morgan fingerprint density at radius 1 is 0.875 bits per heavy atom. The number of carbonyl (C=O) groups excluding carboxylic acids is 1. The first kappa shape index (κ1) is 15.9. The molecule has 1 aromatic heterocycles. The lowest BCUT2D eigenvalue weighted by atomic mass is 10.0. The lowest BCUT2D eigenvalue weighted by Gasteiger charge is -2.07. The van der Waals surface area contributed by atoms with Gasteiger partial charge in [0.15, 0.2) is 0 Å². The van der Waals surface area contributed by atoms with Crippen LogP contribution in [0.15, 0.2) is 73.1 Å². The van der Waals surface area contributed by atoms with E-state index in [1.807, 2.05) is 36.4 Å². The van der Waals surface area contributed by atoms with Gasteiger partial charge < -0.3 is 5.32 Å². The van der Waals surface area contributed by atoms with Crippen LogP contribution in [0.4, 0.5) is 4.39 Å². The van der Waals surface area contributed by atoms with Gasteiger partial charge in [-0.3, -0.25) is 9.78 Å². The first-order chi connectivity index (χ1) is 11.7. The predicted octanol–water partition coefficient (Wildman–Crippen LogP) is 3.86. The molecule has 0 spiro atoms. The van der Waals surface area contributed by atoms with Gasteiger partial charge in [-0.25, -0.2) is 4.39 Å². The zero-order chi connectivity index (χ0) is 16.8. The normalized spacial score (nSPS) is 10.4. The number of carbonyl (C=O) groups is 1. The summed E-state index contributed by atoms with van der Waals surface area (Å²) in [6, 6.07) is 17.6. The maximum absolute atomic E-state index is 12.8. The molecule has 1 N–H and O–H groups in total. The van der Waals surface area contributed by atoms with Crippen molar-refractivity contribution in [3.63, 3.8) is 0 Å². The summed E-state index contributed by atoms with van der Waals surface area (Å²) >= 11 is 0. The van der Waals surface area contributed by atoms with E-state index in [9.17, 15) is 9.18 Å². The number of amides is 1. The fourth-order valence-corrected chi connectivity index (χ4v) is 2.43. The molecule has 3 rings (SSSR count). The highest BCUT2D eigenvalue weighted by molar-refractivity contribution is 5.94. The summed E-state index contributed by atoms with van der Waals surface area (Å²) in [5, 5.41) is 2.88. The lowest BCUT2D eigenvalue weighted by molar-refractivity contribution is 0.0954. The first-order valence-electron chi connectivity index (χ1n) is 7.75. The summed E-state index contributed by atoms with van der Waals surface area (Å²) in [4.78, 5) is 16.2. The van der Waals surface area contributed by atoms with E-state index in [4.69, 9.17) is 0 Å². The number of rotatable bonds is 5. The number of hydrogen-bond acceptors (Lipinski definition) is 2. The summed E-state index contributed by atoms with van der Waals surface area (Å²) in [6.07, 6.45) is 4.15. The zero-order valence-electron chi connectivity index (χ0n) is 13.1. The Hall–Kier alpha value is -3.01. The summed E-state index contributed by atoms with van der Waals surface area (Å²) in [6.45, 7) is 0.510.